The quantitative estimate of drug-likeness (QED) is 0.633. The van der Waals surface area contributed by atoms with Crippen LogP contribution in [0.5, 0.6) is 0 Å². The highest BCUT2D eigenvalue weighted by Gasteiger charge is 2.33. The van der Waals surface area contributed by atoms with Crippen molar-refractivity contribution in [2.75, 3.05) is 0 Å². The van der Waals surface area contributed by atoms with Gasteiger partial charge in [-0.25, -0.2) is 0 Å². The van der Waals surface area contributed by atoms with E-state index in [0.29, 0.717) is 5.92 Å². The van der Waals surface area contributed by atoms with Crippen molar-refractivity contribution in [3.8, 4) is 6.07 Å². The lowest BCUT2D eigenvalue weighted by Crippen LogP contribution is -2.32. The fourth-order valence-electron chi connectivity index (χ4n) is 1.22. The molecule has 1 rings (SSSR count). The number of hydrogen-bond donors (Lipinski definition) is 2. The summed E-state index contributed by atoms with van der Waals surface area (Å²) in [5, 5.41) is 17.2. The van der Waals surface area contributed by atoms with Crippen LogP contribution in [0.2, 0.25) is 0 Å². The molecule has 0 aromatic carbocycles. The number of carboxylic acid groups (broad SMARTS) is 1. The van der Waals surface area contributed by atoms with Crippen LogP contribution in [0.25, 0.3) is 0 Å². The van der Waals surface area contributed by atoms with Crippen LogP contribution < -0.4 is 5.73 Å². The van der Waals surface area contributed by atoms with Crippen LogP contribution in [0.4, 0.5) is 0 Å². The molecule has 1 aliphatic carbocycles. The Bertz CT molecular complexity index is 218. The van der Waals surface area contributed by atoms with Crippen molar-refractivity contribution < 1.29 is 9.90 Å². The molecule has 66 valence electrons. The highest BCUT2D eigenvalue weighted by Crippen LogP contribution is 2.38. The van der Waals surface area contributed by atoms with E-state index in [4.69, 9.17) is 16.1 Å². The number of nitrogens with two attached hydrogens (primary N) is 1. The number of carboxylic acids is 1. The van der Waals surface area contributed by atoms with Crippen LogP contribution in [0, 0.1) is 23.2 Å². The second-order valence-corrected chi connectivity index (χ2v) is 3.25. The van der Waals surface area contributed by atoms with Crippen LogP contribution in [-0.2, 0) is 4.79 Å². The molecular formula is C8H12N2O2. The second kappa shape index (κ2) is 3.55. The molecule has 12 heavy (non-hydrogen) atoms. The van der Waals surface area contributed by atoms with Crippen molar-refractivity contribution in [3.05, 3.63) is 0 Å². The molecule has 0 bridgehead atoms. The van der Waals surface area contributed by atoms with Gasteiger partial charge in [0, 0.05) is 0 Å². The Kier molecular flexibility index (Phi) is 2.66. The summed E-state index contributed by atoms with van der Waals surface area (Å²) in [7, 11) is 0. The average Bonchev–Trinajstić information content (AvgIpc) is 2.82. The Morgan fingerprint density at radius 3 is 2.67 bits per heavy atom. The van der Waals surface area contributed by atoms with E-state index < -0.39 is 12.0 Å². The third-order valence-corrected chi connectivity index (χ3v) is 2.18. The lowest BCUT2D eigenvalue weighted by molar-refractivity contribution is -0.138. The Labute approximate surface area is 71.0 Å². The highest BCUT2D eigenvalue weighted by molar-refractivity contribution is 5.73. The lowest BCUT2D eigenvalue weighted by atomic mass is 9.97. The monoisotopic (exact) mass is 168 g/mol. The normalized spacial score (nSPS) is 21.0. The lowest BCUT2D eigenvalue weighted by Gasteiger charge is -2.09. The zero-order valence-corrected chi connectivity index (χ0v) is 6.73. The van der Waals surface area contributed by atoms with Crippen molar-refractivity contribution in [2.45, 2.75) is 25.3 Å². The summed E-state index contributed by atoms with van der Waals surface area (Å²) < 4.78 is 0. The SMILES string of the molecule is N#CC(CC(N)C(=O)O)C1CC1. The first-order chi connectivity index (χ1) is 5.65. The van der Waals surface area contributed by atoms with Gasteiger partial charge < -0.3 is 10.8 Å². The van der Waals surface area contributed by atoms with E-state index in [2.05, 4.69) is 6.07 Å². The second-order valence-electron chi connectivity index (χ2n) is 3.25. The van der Waals surface area contributed by atoms with Crippen molar-refractivity contribution >= 4 is 5.97 Å². The molecule has 0 radical (unpaired) electrons. The fourth-order valence-corrected chi connectivity index (χ4v) is 1.22. The van der Waals surface area contributed by atoms with E-state index in [0.717, 1.165) is 12.8 Å². The molecule has 1 aliphatic rings. The molecule has 0 aliphatic heterocycles. The van der Waals surface area contributed by atoms with Gasteiger partial charge >= 0.3 is 5.97 Å². The van der Waals surface area contributed by atoms with Gasteiger partial charge in [-0.05, 0) is 25.2 Å². The topological polar surface area (TPSA) is 87.1 Å². The largest absolute Gasteiger partial charge is 0.480 e. The Morgan fingerprint density at radius 1 is 1.75 bits per heavy atom. The van der Waals surface area contributed by atoms with Crippen molar-refractivity contribution in [2.24, 2.45) is 17.6 Å². The molecule has 0 saturated heterocycles. The van der Waals surface area contributed by atoms with Gasteiger partial charge in [0.1, 0.15) is 6.04 Å². The number of hydrogen-bond acceptors (Lipinski definition) is 3. The summed E-state index contributed by atoms with van der Waals surface area (Å²) in [5.74, 6) is -0.771. The predicted octanol–water partition coefficient (Wildman–Crippen LogP) is 0.338. The number of nitrogens with zero attached hydrogens (tertiary/aromatic N) is 1. The molecule has 4 nitrogen and oxygen atoms in total. The average molecular weight is 168 g/mol. The summed E-state index contributed by atoms with van der Waals surface area (Å²) in [6, 6.07) is 1.23. The van der Waals surface area contributed by atoms with Gasteiger partial charge in [-0.15, -0.1) is 0 Å². The van der Waals surface area contributed by atoms with E-state index in [9.17, 15) is 4.79 Å². The standard InChI is InChI=1S/C8H12N2O2/c9-4-6(5-1-2-5)3-7(10)8(11)12/h5-7H,1-3,10H2,(H,11,12). The molecule has 0 aromatic heterocycles. The zero-order chi connectivity index (χ0) is 9.14. The van der Waals surface area contributed by atoms with E-state index in [-0.39, 0.29) is 12.3 Å². The molecule has 1 fully saturated rings. The zero-order valence-electron chi connectivity index (χ0n) is 6.73. The van der Waals surface area contributed by atoms with Crippen LogP contribution in [0.3, 0.4) is 0 Å². The molecule has 0 amide bonds. The minimum absolute atomic E-state index is 0.156. The molecule has 2 atom stereocenters. The van der Waals surface area contributed by atoms with E-state index in [1.807, 2.05) is 0 Å². The Balaban J connectivity index is 2.37. The van der Waals surface area contributed by atoms with Gasteiger partial charge in [0.25, 0.3) is 0 Å². The van der Waals surface area contributed by atoms with Crippen molar-refractivity contribution in [3.63, 3.8) is 0 Å². The van der Waals surface area contributed by atoms with Gasteiger partial charge in [0.05, 0.1) is 12.0 Å². The van der Waals surface area contributed by atoms with Crippen molar-refractivity contribution in [1.82, 2.24) is 0 Å². The summed E-state index contributed by atoms with van der Waals surface area (Å²) in [6.07, 6.45) is 2.38. The van der Waals surface area contributed by atoms with Crippen LogP contribution >= 0.6 is 0 Å². The molecular weight excluding hydrogens is 156 g/mol. The predicted molar refractivity (Wildman–Crippen MR) is 42.1 cm³/mol. The van der Waals surface area contributed by atoms with Crippen LogP contribution in [0.1, 0.15) is 19.3 Å². The van der Waals surface area contributed by atoms with E-state index in [1.165, 1.54) is 0 Å². The third-order valence-electron chi connectivity index (χ3n) is 2.18. The first kappa shape index (κ1) is 9.01. The van der Waals surface area contributed by atoms with Gasteiger partial charge in [-0.1, -0.05) is 0 Å². The number of nitriles is 1. The molecule has 4 heteroatoms. The summed E-state index contributed by atoms with van der Waals surface area (Å²) in [4.78, 5) is 10.4. The van der Waals surface area contributed by atoms with Gasteiger partial charge in [0.15, 0.2) is 0 Å². The molecule has 3 N–H and O–H groups in total. The summed E-state index contributed by atoms with van der Waals surface area (Å²) in [5.41, 5.74) is 5.31. The first-order valence-corrected chi connectivity index (χ1v) is 4.03. The molecule has 0 heterocycles. The fraction of sp³-hybridized carbons (Fsp3) is 0.750. The minimum atomic E-state index is -1.02. The van der Waals surface area contributed by atoms with Crippen molar-refractivity contribution in [1.29, 1.82) is 5.26 Å². The molecule has 1 saturated carbocycles. The Hall–Kier alpha value is -1.08. The summed E-state index contributed by atoms with van der Waals surface area (Å²) in [6.45, 7) is 0. The maximum Gasteiger partial charge on any atom is 0.320 e. The summed E-state index contributed by atoms with van der Waals surface area (Å²) >= 11 is 0. The highest BCUT2D eigenvalue weighted by atomic mass is 16.4. The smallest absolute Gasteiger partial charge is 0.320 e. The molecule has 0 aromatic rings. The van der Waals surface area contributed by atoms with E-state index in [1.54, 1.807) is 0 Å². The minimum Gasteiger partial charge on any atom is -0.480 e. The van der Waals surface area contributed by atoms with Gasteiger partial charge in [0.2, 0.25) is 0 Å². The van der Waals surface area contributed by atoms with Crippen LogP contribution in [0.15, 0.2) is 0 Å². The molecule has 0 spiro atoms. The maximum atomic E-state index is 10.4. The van der Waals surface area contributed by atoms with Gasteiger partial charge in [-0.2, -0.15) is 5.26 Å². The maximum absolute atomic E-state index is 10.4. The van der Waals surface area contributed by atoms with Gasteiger partial charge in [-0.3, -0.25) is 4.79 Å². The Morgan fingerprint density at radius 2 is 2.33 bits per heavy atom. The first-order valence-electron chi connectivity index (χ1n) is 4.03. The number of aliphatic carboxylic acids is 1. The molecule has 2 unspecified atom stereocenters. The third kappa shape index (κ3) is 2.21. The number of rotatable bonds is 4. The number of carbonyl (C=O) groups is 1. The van der Waals surface area contributed by atoms with Crippen LogP contribution in [-0.4, -0.2) is 17.1 Å². The van der Waals surface area contributed by atoms with E-state index >= 15 is 0 Å².